The number of amides is 1. The lowest BCUT2D eigenvalue weighted by molar-refractivity contribution is -0.130. The van der Waals surface area contributed by atoms with Crippen molar-refractivity contribution in [1.29, 1.82) is 0 Å². The Labute approximate surface area is 164 Å². The fourth-order valence-corrected chi connectivity index (χ4v) is 4.90. The number of piperidine rings is 1. The second-order valence-corrected chi connectivity index (χ2v) is 8.28. The van der Waals surface area contributed by atoms with Crippen LogP contribution in [0.1, 0.15) is 38.7 Å². The van der Waals surface area contributed by atoms with Crippen LogP contribution in [0.5, 0.6) is 5.88 Å². The highest BCUT2D eigenvalue weighted by Crippen LogP contribution is 2.57. The second kappa shape index (κ2) is 7.46. The van der Waals surface area contributed by atoms with Gasteiger partial charge in [-0.3, -0.25) is 4.79 Å². The highest BCUT2D eigenvalue weighted by Gasteiger charge is 2.58. The molecule has 7 heteroatoms. The normalized spacial score (nSPS) is 20.5. The average Bonchev–Trinajstić information content (AvgIpc) is 3.10. The van der Waals surface area contributed by atoms with Crippen LogP contribution in [0.25, 0.3) is 0 Å². The van der Waals surface area contributed by atoms with Gasteiger partial charge < -0.3 is 14.5 Å². The standard InChI is InChI=1S/C20H26N4O2S/c1-3-26-19-10-18(21-14-22-19)23-7-5-20(6-8-23)11-17(20)24(15(2)25)12-16-4-9-27-13-16/h4,9-10,13-14,17H,3,5-8,11-12H2,1-2H3. The van der Waals surface area contributed by atoms with Gasteiger partial charge in [-0.15, -0.1) is 0 Å². The zero-order chi connectivity index (χ0) is 18.9. The Balaban J connectivity index is 1.39. The van der Waals surface area contributed by atoms with Crippen molar-refractivity contribution in [2.45, 2.75) is 45.7 Å². The quantitative estimate of drug-likeness (QED) is 0.762. The van der Waals surface area contributed by atoms with E-state index in [1.807, 2.05) is 13.0 Å². The molecule has 2 fully saturated rings. The van der Waals surface area contributed by atoms with Crippen molar-refractivity contribution >= 4 is 23.1 Å². The highest BCUT2D eigenvalue weighted by molar-refractivity contribution is 7.07. The lowest BCUT2D eigenvalue weighted by Gasteiger charge is -2.35. The minimum atomic E-state index is 0.183. The van der Waals surface area contributed by atoms with Gasteiger partial charge in [-0.1, -0.05) is 0 Å². The van der Waals surface area contributed by atoms with E-state index in [9.17, 15) is 4.79 Å². The van der Waals surface area contributed by atoms with Gasteiger partial charge in [0, 0.05) is 38.7 Å². The number of carbonyl (C=O) groups excluding carboxylic acids is 1. The SMILES string of the molecule is CCOc1cc(N2CCC3(CC2)CC3N(Cc2ccsc2)C(C)=O)ncn1. The number of aromatic nitrogens is 2. The molecule has 0 radical (unpaired) electrons. The lowest BCUT2D eigenvalue weighted by atomic mass is 9.92. The second-order valence-electron chi connectivity index (χ2n) is 7.50. The van der Waals surface area contributed by atoms with Gasteiger partial charge in [0.1, 0.15) is 12.1 Å². The van der Waals surface area contributed by atoms with Crippen LogP contribution in [-0.4, -0.2) is 46.5 Å². The molecule has 3 heterocycles. The van der Waals surface area contributed by atoms with Crippen molar-refractivity contribution in [3.8, 4) is 5.88 Å². The van der Waals surface area contributed by atoms with E-state index in [4.69, 9.17) is 4.74 Å². The van der Waals surface area contributed by atoms with Gasteiger partial charge >= 0.3 is 0 Å². The molecule has 4 rings (SSSR count). The number of carbonyl (C=O) groups is 1. The van der Waals surface area contributed by atoms with Crippen LogP contribution in [0, 0.1) is 5.41 Å². The zero-order valence-electron chi connectivity index (χ0n) is 15.9. The summed E-state index contributed by atoms with van der Waals surface area (Å²) in [4.78, 5) is 25.2. The number of nitrogens with zero attached hydrogens (tertiary/aromatic N) is 4. The predicted octanol–water partition coefficient (Wildman–Crippen LogP) is 3.34. The molecule has 2 aromatic heterocycles. The summed E-state index contributed by atoms with van der Waals surface area (Å²) in [5, 5.41) is 4.21. The molecule has 2 aliphatic rings. The smallest absolute Gasteiger partial charge is 0.220 e. The van der Waals surface area contributed by atoms with Gasteiger partial charge in [-0.05, 0) is 54.0 Å². The molecule has 2 aromatic rings. The number of hydrogen-bond acceptors (Lipinski definition) is 6. The third-order valence-corrected chi connectivity index (χ3v) is 6.60. The molecule has 0 aromatic carbocycles. The first kappa shape index (κ1) is 18.2. The molecule has 1 saturated carbocycles. The maximum absolute atomic E-state index is 12.3. The van der Waals surface area contributed by atoms with Crippen LogP contribution >= 0.6 is 11.3 Å². The molecule has 27 heavy (non-hydrogen) atoms. The molecule has 144 valence electrons. The fraction of sp³-hybridized carbons (Fsp3) is 0.550. The van der Waals surface area contributed by atoms with Crippen LogP contribution in [0.4, 0.5) is 5.82 Å². The minimum Gasteiger partial charge on any atom is -0.478 e. The highest BCUT2D eigenvalue weighted by atomic mass is 32.1. The van der Waals surface area contributed by atoms with E-state index in [0.717, 1.165) is 44.7 Å². The van der Waals surface area contributed by atoms with Crippen molar-refractivity contribution in [2.24, 2.45) is 5.41 Å². The number of ether oxygens (including phenoxy) is 1. The molecule has 1 saturated heterocycles. The summed E-state index contributed by atoms with van der Waals surface area (Å²) in [5.74, 6) is 1.75. The maximum atomic E-state index is 12.3. The van der Waals surface area contributed by atoms with Gasteiger partial charge in [0.2, 0.25) is 11.8 Å². The minimum absolute atomic E-state index is 0.183. The van der Waals surface area contributed by atoms with Gasteiger partial charge in [-0.2, -0.15) is 11.3 Å². The maximum Gasteiger partial charge on any atom is 0.220 e. The van der Waals surface area contributed by atoms with Crippen LogP contribution in [0.2, 0.25) is 0 Å². The molecule has 6 nitrogen and oxygen atoms in total. The Morgan fingerprint density at radius 2 is 2.22 bits per heavy atom. The molecular weight excluding hydrogens is 360 g/mol. The molecule has 1 unspecified atom stereocenters. The Morgan fingerprint density at radius 3 is 2.89 bits per heavy atom. The first-order valence-electron chi connectivity index (χ1n) is 9.59. The third-order valence-electron chi connectivity index (χ3n) is 5.86. The first-order valence-corrected chi connectivity index (χ1v) is 10.5. The average molecular weight is 387 g/mol. The lowest BCUT2D eigenvalue weighted by Crippen LogP contribution is -2.40. The van der Waals surface area contributed by atoms with Gasteiger partial charge in [0.25, 0.3) is 0 Å². The first-order chi connectivity index (χ1) is 13.1. The molecule has 0 bridgehead atoms. The number of anilines is 1. The Bertz CT molecular complexity index is 787. The van der Waals surface area contributed by atoms with Crippen LogP contribution < -0.4 is 9.64 Å². The number of hydrogen-bond donors (Lipinski definition) is 0. The molecule has 1 spiro atoms. The van der Waals surface area contributed by atoms with Gasteiger partial charge in [-0.25, -0.2) is 9.97 Å². The van der Waals surface area contributed by atoms with Gasteiger partial charge in [0.15, 0.2) is 0 Å². The number of thiophene rings is 1. The van der Waals surface area contributed by atoms with Crippen molar-refractivity contribution in [2.75, 3.05) is 24.6 Å². The van der Waals surface area contributed by atoms with Crippen LogP contribution in [-0.2, 0) is 11.3 Å². The molecule has 1 aliphatic heterocycles. The summed E-state index contributed by atoms with van der Waals surface area (Å²) in [5.41, 5.74) is 1.52. The summed E-state index contributed by atoms with van der Waals surface area (Å²) in [6.07, 6.45) is 4.89. The van der Waals surface area contributed by atoms with Crippen molar-refractivity contribution in [3.05, 3.63) is 34.8 Å². The summed E-state index contributed by atoms with van der Waals surface area (Å²) in [6, 6.07) is 4.41. The van der Waals surface area contributed by atoms with Crippen molar-refractivity contribution in [1.82, 2.24) is 14.9 Å². The summed E-state index contributed by atoms with van der Waals surface area (Å²) in [7, 11) is 0. The molecule has 0 N–H and O–H groups in total. The van der Waals surface area contributed by atoms with Crippen molar-refractivity contribution in [3.63, 3.8) is 0 Å². The Morgan fingerprint density at radius 1 is 1.41 bits per heavy atom. The molecule has 1 aliphatic carbocycles. The van der Waals surface area contributed by atoms with E-state index in [-0.39, 0.29) is 11.3 Å². The van der Waals surface area contributed by atoms with Crippen molar-refractivity contribution < 1.29 is 9.53 Å². The van der Waals surface area contributed by atoms with E-state index in [1.165, 1.54) is 5.56 Å². The monoisotopic (exact) mass is 386 g/mol. The van der Waals surface area contributed by atoms with Crippen LogP contribution in [0.3, 0.4) is 0 Å². The molecule has 1 amide bonds. The largest absolute Gasteiger partial charge is 0.478 e. The van der Waals surface area contributed by atoms with E-state index in [0.29, 0.717) is 18.5 Å². The van der Waals surface area contributed by atoms with Gasteiger partial charge in [0.05, 0.1) is 6.61 Å². The summed E-state index contributed by atoms with van der Waals surface area (Å²) in [6.45, 7) is 6.91. The fourth-order valence-electron chi connectivity index (χ4n) is 4.24. The Kier molecular flexibility index (Phi) is 5.04. The molecule has 1 atom stereocenters. The third kappa shape index (κ3) is 3.78. The summed E-state index contributed by atoms with van der Waals surface area (Å²) < 4.78 is 5.49. The topological polar surface area (TPSA) is 58.6 Å². The van der Waals surface area contributed by atoms with E-state index < -0.39 is 0 Å². The summed E-state index contributed by atoms with van der Waals surface area (Å²) >= 11 is 1.69. The number of rotatable bonds is 6. The predicted molar refractivity (Wildman–Crippen MR) is 106 cm³/mol. The van der Waals surface area contributed by atoms with E-state index in [1.54, 1.807) is 24.6 Å². The Hall–Kier alpha value is -2.15. The van der Waals surface area contributed by atoms with Crippen LogP contribution in [0.15, 0.2) is 29.2 Å². The molecular formula is C20H26N4O2S. The zero-order valence-corrected chi connectivity index (χ0v) is 16.7. The van der Waals surface area contributed by atoms with E-state index >= 15 is 0 Å². The van der Waals surface area contributed by atoms with E-state index in [2.05, 4.69) is 36.6 Å².